The summed E-state index contributed by atoms with van der Waals surface area (Å²) >= 11 is 0. The number of nitrogens with two attached hydrogens (primary N) is 1. The summed E-state index contributed by atoms with van der Waals surface area (Å²) in [5.74, 6) is 0.771. The van der Waals surface area contributed by atoms with E-state index in [4.69, 9.17) is 10.5 Å². The zero-order valence-electron chi connectivity index (χ0n) is 9.24. The summed E-state index contributed by atoms with van der Waals surface area (Å²) < 4.78 is 5.67. The summed E-state index contributed by atoms with van der Waals surface area (Å²) in [5.41, 5.74) is 7.55. The Balaban J connectivity index is 3.09. The molecule has 3 heteroatoms. The van der Waals surface area contributed by atoms with E-state index in [2.05, 4.69) is 0 Å². The van der Waals surface area contributed by atoms with E-state index in [1.165, 1.54) is 0 Å². The average Bonchev–Trinajstić information content (AvgIpc) is 2.07. The Morgan fingerprint density at radius 1 is 1.29 bits per heavy atom. The second-order valence-corrected chi connectivity index (χ2v) is 3.76. The second-order valence-electron chi connectivity index (χ2n) is 3.76. The van der Waals surface area contributed by atoms with E-state index >= 15 is 0 Å². The normalized spacial score (nSPS) is 10.4. The van der Waals surface area contributed by atoms with E-state index in [0.29, 0.717) is 5.69 Å². The lowest BCUT2D eigenvalue weighted by molar-refractivity contribution is 0.244. The molecule has 0 heterocycles. The number of hydrogen-bond donors (Lipinski definition) is 1. The largest absolute Gasteiger partial charge is 0.487 e. The van der Waals surface area contributed by atoms with Crippen molar-refractivity contribution in [3.63, 3.8) is 0 Å². The van der Waals surface area contributed by atoms with Crippen LogP contribution in [-0.2, 0) is 0 Å². The standard InChI is InChI=1S/C11H18N2O/c1-8(2)14-11-9(12)6-5-7-10(11)13(3)4/h5-8H,12H2,1-4H3. The molecule has 0 aromatic heterocycles. The number of rotatable bonds is 3. The van der Waals surface area contributed by atoms with Crippen LogP contribution in [0.3, 0.4) is 0 Å². The number of nitrogen functional groups attached to an aromatic ring is 1. The highest BCUT2D eigenvalue weighted by Gasteiger charge is 2.10. The fourth-order valence-corrected chi connectivity index (χ4v) is 1.26. The lowest BCUT2D eigenvalue weighted by Gasteiger charge is -2.20. The van der Waals surface area contributed by atoms with Crippen molar-refractivity contribution in [1.29, 1.82) is 0 Å². The van der Waals surface area contributed by atoms with Gasteiger partial charge < -0.3 is 15.4 Å². The number of hydrogen-bond acceptors (Lipinski definition) is 3. The number of benzene rings is 1. The van der Waals surface area contributed by atoms with Crippen LogP contribution in [0.4, 0.5) is 11.4 Å². The highest BCUT2D eigenvalue weighted by molar-refractivity contribution is 5.69. The van der Waals surface area contributed by atoms with Gasteiger partial charge in [-0.1, -0.05) is 6.07 Å². The summed E-state index contributed by atoms with van der Waals surface area (Å²) in [4.78, 5) is 1.99. The maximum atomic E-state index is 5.86. The molecule has 0 saturated carbocycles. The van der Waals surface area contributed by atoms with Crippen LogP contribution >= 0.6 is 0 Å². The molecular formula is C11H18N2O. The maximum Gasteiger partial charge on any atom is 0.165 e. The van der Waals surface area contributed by atoms with Gasteiger partial charge in [-0.25, -0.2) is 0 Å². The van der Waals surface area contributed by atoms with Crippen LogP contribution in [0.5, 0.6) is 5.75 Å². The van der Waals surface area contributed by atoms with Gasteiger partial charge in [-0.3, -0.25) is 0 Å². The Morgan fingerprint density at radius 2 is 1.93 bits per heavy atom. The third kappa shape index (κ3) is 2.31. The fraction of sp³-hybridized carbons (Fsp3) is 0.455. The Kier molecular flexibility index (Phi) is 3.23. The Bertz CT molecular complexity index is 308. The van der Waals surface area contributed by atoms with Gasteiger partial charge >= 0.3 is 0 Å². The number of ether oxygens (including phenoxy) is 1. The van der Waals surface area contributed by atoms with Crippen molar-refractivity contribution in [2.75, 3.05) is 24.7 Å². The predicted octanol–water partition coefficient (Wildman–Crippen LogP) is 2.12. The van der Waals surface area contributed by atoms with E-state index in [1.807, 2.05) is 51.0 Å². The SMILES string of the molecule is CC(C)Oc1c(N)cccc1N(C)C. The summed E-state index contributed by atoms with van der Waals surface area (Å²) in [6.07, 6.45) is 0.137. The van der Waals surface area contributed by atoms with Crippen LogP contribution in [0.2, 0.25) is 0 Å². The van der Waals surface area contributed by atoms with Gasteiger partial charge in [-0.2, -0.15) is 0 Å². The van der Waals surface area contributed by atoms with Gasteiger partial charge in [0.15, 0.2) is 5.75 Å². The van der Waals surface area contributed by atoms with Crippen LogP contribution < -0.4 is 15.4 Å². The Morgan fingerprint density at radius 3 is 2.43 bits per heavy atom. The van der Waals surface area contributed by atoms with Gasteiger partial charge in [0.05, 0.1) is 17.5 Å². The Labute approximate surface area is 85.5 Å². The van der Waals surface area contributed by atoms with Gasteiger partial charge in [0.2, 0.25) is 0 Å². The third-order valence-electron chi connectivity index (χ3n) is 1.86. The molecule has 0 atom stereocenters. The van der Waals surface area contributed by atoms with E-state index in [-0.39, 0.29) is 6.10 Å². The molecule has 0 fully saturated rings. The van der Waals surface area contributed by atoms with E-state index in [0.717, 1.165) is 11.4 Å². The highest BCUT2D eigenvalue weighted by Crippen LogP contribution is 2.33. The summed E-state index contributed by atoms with van der Waals surface area (Å²) in [5, 5.41) is 0. The number of anilines is 2. The smallest absolute Gasteiger partial charge is 0.165 e. The lowest BCUT2D eigenvalue weighted by atomic mass is 10.2. The first kappa shape index (κ1) is 10.7. The molecule has 3 nitrogen and oxygen atoms in total. The molecule has 0 aliphatic rings. The second kappa shape index (κ2) is 4.22. The van der Waals surface area contributed by atoms with E-state index < -0.39 is 0 Å². The monoisotopic (exact) mass is 194 g/mol. The zero-order chi connectivity index (χ0) is 10.7. The first-order valence-corrected chi connectivity index (χ1v) is 4.75. The molecule has 1 aromatic rings. The van der Waals surface area contributed by atoms with Crippen LogP contribution in [0.15, 0.2) is 18.2 Å². The molecule has 78 valence electrons. The zero-order valence-corrected chi connectivity index (χ0v) is 9.24. The minimum absolute atomic E-state index is 0.137. The van der Waals surface area contributed by atoms with Gasteiger partial charge in [-0.05, 0) is 26.0 Å². The molecule has 0 amide bonds. The predicted molar refractivity (Wildman–Crippen MR) is 60.9 cm³/mol. The van der Waals surface area contributed by atoms with Crippen LogP contribution in [0, 0.1) is 0 Å². The molecule has 0 aliphatic carbocycles. The summed E-state index contributed by atoms with van der Waals surface area (Å²) in [7, 11) is 3.95. The minimum Gasteiger partial charge on any atom is -0.487 e. The quantitative estimate of drug-likeness (QED) is 0.749. The van der Waals surface area contributed by atoms with Gasteiger partial charge in [0.25, 0.3) is 0 Å². The highest BCUT2D eigenvalue weighted by atomic mass is 16.5. The van der Waals surface area contributed by atoms with Crippen molar-refractivity contribution >= 4 is 11.4 Å². The van der Waals surface area contributed by atoms with Crippen LogP contribution in [0.1, 0.15) is 13.8 Å². The van der Waals surface area contributed by atoms with Gasteiger partial charge in [-0.15, -0.1) is 0 Å². The number of nitrogens with zero attached hydrogens (tertiary/aromatic N) is 1. The number of para-hydroxylation sites is 1. The molecular weight excluding hydrogens is 176 g/mol. The fourth-order valence-electron chi connectivity index (χ4n) is 1.26. The van der Waals surface area contributed by atoms with Gasteiger partial charge in [0, 0.05) is 14.1 Å². The van der Waals surface area contributed by atoms with Crippen molar-refractivity contribution < 1.29 is 4.74 Å². The van der Waals surface area contributed by atoms with E-state index in [9.17, 15) is 0 Å². The average molecular weight is 194 g/mol. The third-order valence-corrected chi connectivity index (χ3v) is 1.86. The molecule has 2 N–H and O–H groups in total. The first-order chi connectivity index (χ1) is 6.52. The molecule has 1 rings (SSSR count). The summed E-state index contributed by atoms with van der Waals surface area (Å²) in [6, 6.07) is 5.77. The first-order valence-electron chi connectivity index (χ1n) is 4.75. The molecule has 0 unspecified atom stereocenters. The van der Waals surface area contributed by atoms with Crippen LogP contribution in [-0.4, -0.2) is 20.2 Å². The Hall–Kier alpha value is -1.38. The molecule has 0 spiro atoms. The van der Waals surface area contributed by atoms with Crippen molar-refractivity contribution in [2.24, 2.45) is 0 Å². The lowest BCUT2D eigenvalue weighted by Crippen LogP contribution is -2.14. The molecule has 0 radical (unpaired) electrons. The van der Waals surface area contributed by atoms with Gasteiger partial charge in [0.1, 0.15) is 0 Å². The van der Waals surface area contributed by atoms with E-state index in [1.54, 1.807) is 0 Å². The molecule has 0 saturated heterocycles. The van der Waals surface area contributed by atoms with Crippen molar-refractivity contribution in [3.8, 4) is 5.75 Å². The van der Waals surface area contributed by atoms with Crippen molar-refractivity contribution in [1.82, 2.24) is 0 Å². The molecule has 14 heavy (non-hydrogen) atoms. The topological polar surface area (TPSA) is 38.5 Å². The van der Waals surface area contributed by atoms with Crippen LogP contribution in [0.25, 0.3) is 0 Å². The summed E-state index contributed by atoms with van der Waals surface area (Å²) in [6.45, 7) is 3.98. The maximum absolute atomic E-state index is 5.86. The van der Waals surface area contributed by atoms with Crippen molar-refractivity contribution in [3.05, 3.63) is 18.2 Å². The minimum atomic E-state index is 0.137. The molecule has 1 aromatic carbocycles. The van der Waals surface area contributed by atoms with Crippen molar-refractivity contribution in [2.45, 2.75) is 20.0 Å². The molecule has 0 bridgehead atoms. The molecule has 0 aliphatic heterocycles.